The number of nitrogens with zero attached hydrogens (tertiary/aromatic N) is 3. The molecule has 6 nitrogen and oxygen atoms in total. The van der Waals surface area contributed by atoms with Crippen LogP contribution >= 0.6 is 11.3 Å². The Morgan fingerprint density at radius 2 is 2.17 bits per heavy atom. The van der Waals surface area contributed by atoms with Gasteiger partial charge >= 0.3 is 0 Å². The van der Waals surface area contributed by atoms with Crippen molar-refractivity contribution < 1.29 is 9.53 Å². The van der Waals surface area contributed by atoms with Gasteiger partial charge in [0.25, 0.3) is 0 Å². The second-order valence-corrected chi connectivity index (χ2v) is 6.70. The van der Waals surface area contributed by atoms with Crippen LogP contribution < -0.4 is 10.1 Å². The monoisotopic (exact) mass is 332 g/mol. The van der Waals surface area contributed by atoms with Crippen LogP contribution in [0.25, 0.3) is 0 Å². The van der Waals surface area contributed by atoms with Crippen LogP contribution in [0.2, 0.25) is 0 Å². The van der Waals surface area contributed by atoms with Crippen LogP contribution in [0.3, 0.4) is 0 Å². The van der Waals surface area contributed by atoms with Crippen LogP contribution in [0.4, 0.5) is 5.13 Å². The third-order valence-corrected chi connectivity index (χ3v) is 5.01. The van der Waals surface area contributed by atoms with Gasteiger partial charge in [0.15, 0.2) is 0 Å². The van der Waals surface area contributed by atoms with E-state index in [1.54, 1.807) is 25.4 Å². The predicted molar refractivity (Wildman–Crippen MR) is 88.9 cm³/mol. The lowest BCUT2D eigenvalue weighted by Gasteiger charge is -2.18. The van der Waals surface area contributed by atoms with Crippen molar-refractivity contribution in [3.05, 3.63) is 29.0 Å². The van der Waals surface area contributed by atoms with E-state index in [0.717, 1.165) is 5.01 Å². The molecular weight excluding hydrogens is 312 g/mol. The highest BCUT2D eigenvalue weighted by Crippen LogP contribution is 2.35. The number of anilines is 1. The zero-order valence-corrected chi connectivity index (χ0v) is 13.9. The Morgan fingerprint density at radius 3 is 2.96 bits per heavy atom. The number of carbonyl (C=O) groups excluding carboxylic acids is 1. The highest BCUT2D eigenvalue weighted by atomic mass is 32.1. The predicted octanol–water partition coefficient (Wildman–Crippen LogP) is 3.17. The molecule has 0 saturated heterocycles. The lowest BCUT2D eigenvalue weighted by Crippen LogP contribution is -2.15. The fraction of sp³-hybridized carbons (Fsp3) is 0.500. The maximum atomic E-state index is 12.1. The number of carbonyl (C=O) groups is 1. The molecule has 122 valence electrons. The van der Waals surface area contributed by atoms with E-state index in [1.165, 1.54) is 43.4 Å². The van der Waals surface area contributed by atoms with Gasteiger partial charge in [-0.1, -0.05) is 30.6 Å². The number of amides is 1. The topological polar surface area (TPSA) is 77.0 Å². The van der Waals surface area contributed by atoms with E-state index in [9.17, 15) is 4.79 Å². The molecule has 1 aliphatic rings. The average Bonchev–Trinajstić information content (AvgIpc) is 3.04. The second-order valence-electron chi connectivity index (χ2n) is 5.69. The third-order valence-electron chi connectivity index (χ3n) is 4.01. The molecule has 0 bridgehead atoms. The number of nitrogens with one attached hydrogen (secondary N) is 1. The Balaban J connectivity index is 1.58. The van der Waals surface area contributed by atoms with Gasteiger partial charge < -0.3 is 10.1 Å². The summed E-state index contributed by atoms with van der Waals surface area (Å²) in [6.07, 6.45) is 8.00. The summed E-state index contributed by atoms with van der Waals surface area (Å²) in [5, 5.41) is 12.8. The maximum Gasteiger partial charge on any atom is 0.232 e. The molecular formula is C16H20N4O2S. The number of pyridine rings is 1. The summed E-state index contributed by atoms with van der Waals surface area (Å²) in [4.78, 5) is 16.3. The standard InChI is InChI=1S/C16H20N4O2S/c1-22-13-7-8-17-12(9-13)10-14(21)18-16-20-19-15(23-16)11-5-3-2-4-6-11/h7-9,11H,2-6,10H2,1H3,(H,18,20,21). The Morgan fingerprint density at radius 1 is 1.35 bits per heavy atom. The van der Waals surface area contributed by atoms with Crippen LogP contribution in [-0.2, 0) is 11.2 Å². The molecule has 0 spiro atoms. The molecule has 1 aliphatic carbocycles. The summed E-state index contributed by atoms with van der Waals surface area (Å²) < 4.78 is 5.13. The first-order valence-corrected chi connectivity index (χ1v) is 8.68. The molecule has 0 unspecified atom stereocenters. The van der Waals surface area contributed by atoms with Crippen molar-refractivity contribution >= 4 is 22.4 Å². The van der Waals surface area contributed by atoms with Crippen molar-refractivity contribution in [3.63, 3.8) is 0 Å². The van der Waals surface area contributed by atoms with Crippen molar-refractivity contribution in [2.45, 2.75) is 44.4 Å². The van der Waals surface area contributed by atoms with Gasteiger partial charge in [0.1, 0.15) is 10.8 Å². The first-order chi connectivity index (χ1) is 11.2. The number of methoxy groups -OCH3 is 1. The van der Waals surface area contributed by atoms with E-state index in [1.807, 2.05) is 0 Å². The van der Waals surface area contributed by atoms with Crippen LogP contribution in [0.15, 0.2) is 18.3 Å². The number of hydrogen-bond donors (Lipinski definition) is 1. The van der Waals surface area contributed by atoms with Crippen molar-refractivity contribution in [3.8, 4) is 5.75 Å². The molecule has 1 fully saturated rings. The minimum absolute atomic E-state index is 0.142. The van der Waals surface area contributed by atoms with E-state index in [4.69, 9.17) is 4.74 Å². The summed E-state index contributed by atoms with van der Waals surface area (Å²) in [5.41, 5.74) is 0.666. The largest absolute Gasteiger partial charge is 0.497 e. The van der Waals surface area contributed by atoms with Crippen LogP contribution in [0.1, 0.15) is 48.7 Å². The van der Waals surface area contributed by atoms with Crippen LogP contribution in [0.5, 0.6) is 5.75 Å². The number of ether oxygens (including phenoxy) is 1. The van der Waals surface area contributed by atoms with E-state index in [0.29, 0.717) is 22.5 Å². The molecule has 1 N–H and O–H groups in total. The Hall–Kier alpha value is -2.02. The summed E-state index contributed by atoms with van der Waals surface area (Å²) in [6.45, 7) is 0. The number of rotatable bonds is 5. The van der Waals surface area contributed by atoms with Crippen LogP contribution in [0, 0.1) is 0 Å². The van der Waals surface area contributed by atoms with E-state index in [-0.39, 0.29) is 12.3 Å². The van der Waals surface area contributed by atoms with Crippen molar-refractivity contribution in [2.24, 2.45) is 0 Å². The fourth-order valence-corrected chi connectivity index (χ4v) is 3.74. The molecule has 0 aromatic carbocycles. The molecule has 2 aromatic rings. The molecule has 0 radical (unpaired) electrons. The highest BCUT2D eigenvalue weighted by Gasteiger charge is 2.20. The zero-order chi connectivity index (χ0) is 16.1. The Bertz CT molecular complexity index is 668. The molecule has 3 rings (SSSR count). The summed E-state index contributed by atoms with van der Waals surface area (Å²) in [7, 11) is 1.59. The third kappa shape index (κ3) is 4.25. The quantitative estimate of drug-likeness (QED) is 0.910. The van der Waals surface area contributed by atoms with Crippen LogP contribution in [-0.4, -0.2) is 28.2 Å². The minimum atomic E-state index is -0.142. The number of aromatic nitrogens is 3. The lowest BCUT2D eigenvalue weighted by atomic mass is 9.90. The normalized spacial score (nSPS) is 15.3. The molecule has 2 aromatic heterocycles. The molecule has 7 heteroatoms. The highest BCUT2D eigenvalue weighted by molar-refractivity contribution is 7.15. The molecule has 0 aliphatic heterocycles. The SMILES string of the molecule is COc1ccnc(CC(=O)Nc2nnc(C3CCCCC3)s2)c1. The summed E-state index contributed by atoms with van der Waals surface area (Å²) in [5.74, 6) is 1.06. The van der Waals surface area contributed by atoms with Crippen molar-refractivity contribution in [2.75, 3.05) is 12.4 Å². The molecule has 1 amide bonds. The first-order valence-electron chi connectivity index (χ1n) is 7.87. The fourth-order valence-electron chi connectivity index (χ4n) is 2.81. The Labute approximate surface area is 139 Å². The molecule has 1 saturated carbocycles. The smallest absolute Gasteiger partial charge is 0.232 e. The van der Waals surface area contributed by atoms with Gasteiger partial charge in [0.2, 0.25) is 11.0 Å². The van der Waals surface area contributed by atoms with Gasteiger partial charge in [-0.25, -0.2) is 0 Å². The maximum absolute atomic E-state index is 12.1. The Kier molecular flexibility index (Phi) is 5.17. The second kappa shape index (κ2) is 7.50. The van der Waals surface area contributed by atoms with E-state index < -0.39 is 0 Å². The van der Waals surface area contributed by atoms with Gasteiger partial charge in [-0.05, 0) is 18.9 Å². The zero-order valence-electron chi connectivity index (χ0n) is 13.1. The number of hydrogen-bond acceptors (Lipinski definition) is 6. The molecule has 0 atom stereocenters. The lowest BCUT2D eigenvalue weighted by molar-refractivity contribution is -0.115. The van der Waals surface area contributed by atoms with Crippen molar-refractivity contribution in [1.82, 2.24) is 15.2 Å². The minimum Gasteiger partial charge on any atom is -0.497 e. The van der Waals surface area contributed by atoms with Gasteiger partial charge in [0.05, 0.1) is 19.2 Å². The van der Waals surface area contributed by atoms with Gasteiger partial charge in [-0.3, -0.25) is 9.78 Å². The summed E-state index contributed by atoms with van der Waals surface area (Å²) >= 11 is 1.49. The van der Waals surface area contributed by atoms with Crippen molar-refractivity contribution in [1.29, 1.82) is 0 Å². The van der Waals surface area contributed by atoms with Gasteiger partial charge in [-0.15, -0.1) is 10.2 Å². The van der Waals surface area contributed by atoms with E-state index >= 15 is 0 Å². The van der Waals surface area contributed by atoms with Gasteiger partial charge in [-0.2, -0.15) is 0 Å². The molecule has 2 heterocycles. The molecule has 23 heavy (non-hydrogen) atoms. The first kappa shape index (κ1) is 15.9. The average molecular weight is 332 g/mol. The van der Waals surface area contributed by atoms with E-state index in [2.05, 4.69) is 20.5 Å². The van der Waals surface area contributed by atoms with Gasteiger partial charge in [0, 0.05) is 18.2 Å². The summed E-state index contributed by atoms with van der Waals surface area (Å²) in [6, 6.07) is 3.51.